The van der Waals surface area contributed by atoms with E-state index in [0.717, 1.165) is 28.3 Å². The topological polar surface area (TPSA) is 62.4 Å². The molecule has 0 saturated carbocycles. The number of hydrogen-bond acceptors (Lipinski definition) is 4. The van der Waals surface area contributed by atoms with Crippen LogP contribution in [-0.2, 0) is 4.79 Å². The van der Waals surface area contributed by atoms with Crippen LogP contribution in [0.2, 0.25) is 5.02 Å². The lowest BCUT2D eigenvalue weighted by Crippen LogP contribution is -2.32. The van der Waals surface area contributed by atoms with Crippen LogP contribution in [0.5, 0.6) is 5.75 Å². The lowest BCUT2D eigenvalue weighted by molar-refractivity contribution is -0.116. The van der Waals surface area contributed by atoms with E-state index in [-0.39, 0.29) is 17.6 Å². The summed E-state index contributed by atoms with van der Waals surface area (Å²) in [4.78, 5) is 18.0. The Kier molecular flexibility index (Phi) is 5.25. The van der Waals surface area contributed by atoms with Crippen molar-refractivity contribution in [1.82, 2.24) is 0 Å². The Hall–Kier alpha value is -2.90. The molecule has 3 atom stereocenters. The van der Waals surface area contributed by atoms with Gasteiger partial charge < -0.3 is 4.74 Å². The monoisotopic (exact) mass is 404 g/mol. The molecule has 0 fully saturated rings. The van der Waals surface area contributed by atoms with E-state index in [1.165, 1.54) is 0 Å². The summed E-state index contributed by atoms with van der Waals surface area (Å²) in [5, 5.41) is 10.4. The fourth-order valence-corrected chi connectivity index (χ4v) is 4.65. The van der Waals surface area contributed by atoms with Crippen molar-refractivity contribution in [3.8, 4) is 11.8 Å². The molecule has 5 heteroatoms. The summed E-state index contributed by atoms with van der Waals surface area (Å²) in [7, 11) is 1.64. The Morgan fingerprint density at radius 2 is 1.86 bits per heavy atom. The van der Waals surface area contributed by atoms with E-state index in [1.54, 1.807) is 13.2 Å². The number of carbonyl (C=O) groups is 1. The Morgan fingerprint density at radius 3 is 2.52 bits per heavy atom. The molecule has 0 radical (unpaired) electrons. The molecule has 1 unspecified atom stereocenters. The van der Waals surface area contributed by atoms with Gasteiger partial charge in [-0.15, -0.1) is 0 Å². The maximum absolute atomic E-state index is 13.3. The third-order valence-electron chi connectivity index (χ3n) is 5.86. The van der Waals surface area contributed by atoms with E-state index in [4.69, 9.17) is 21.3 Å². The summed E-state index contributed by atoms with van der Waals surface area (Å²) in [5.74, 6) is 0.0429. The fraction of sp³-hybridized carbons (Fsp3) is 0.292. The van der Waals surface area contributed by atoms with Gasteiger partial charge >= 0.3 is 0 Å². The van der Waals surface area contributed by atoms with Crippen molar-refractivity contribution in [2.24, 2.45) is 10.9 Å². The highest BCUT2D eigenvalue weighted by atomic mass is 35.5. The second-order valence-corrected chi connectivity index (χ2v) is 7.93. The van der Waals surface area contributed by atoms with Crippen molar-refractivity contribution in [2.75, 3.05) is 7.11 Å². The van der Waals surface area contributed by atoms with Crippen molar-refractivity contribution >= 4 is 23.1 Å². The van der Waals surface area contributed by atoms with Gasteiger partial charge in [-0.05, 0) is 48.6 Å². The Labute approximate surface area is 175 Å². The standard InChI is InChI=1S/C24H21ClN2O2/c1-14-19(13-26)23(18-5-3-4-6-20(18)25)24-21(27-14)11-16(12-22(24)28)15-7-9-17(29-2)10-8-15/h3-10,16,19,23H,11-12H2,1-2H3/t16-,19?,23+/m1/s1. The molecule has 146 valence electrons. The third-order valence-corrected chi connectivity index (χ3v) is 6.20. The number of nitrogens with zero attached hydrogens (tertiary/aromatic N) is 2. The molecule has 0 aromatic heterocycles. The van der Waals surface area contributed by atoms with Crippen molar-refractivity contribution in [2.45, 2.75) is 31.6 Å². The number of carbonyl (C=O) groups excluding carboxylic acids is 1. The molecule has 1 aliphatic heterocycles. The first-order chi connectivity index (χ1) is 14.0. The summed E-state index contributed by atoms with van der Waals surface area (Å²) in [6, 6.07) is 17.6. The van der Waals surface area contributed by atoms with Crippen LogP contribution < -0.4 is 4.74 Å². The predicted molar refractivity (Wildman–Crippen MR) is 113 cm³/mol. The van der Waals surface area contributed by atoms with Gasteiger partial charge in [0.25, 0.3) is 0 Å². The highest BCUT2D eigenvalue weighted by Gasteiger charge is 2.41. The maximum atomic E-state index is 13.3. The van der Waals surface area contributed by atoms with Gasteiger partial charge in [0.1, 0.15) is 5.75 Å². The quantitative estimate of drug-likeness (QED) is 0.683. The SMILES string of the molecule is COc1ccc([C@H]2CC(=O)C3=C(C2)N=C(C)C(C#N)[C@@H]3c2ccccc2Cl)cc1. The highest BCUT2D eigenvalue weighted by Crippen LogP contribution is 2.47. The van der Waals surface area contributed by atoms with Crippen LogP contribution in [-0.4, -0.2) is 18.6 Å². The van der Waals surface area contributed by atoms with Crippen LogP contribution in [0.1, 0.15) is 42.7 Å². The zero-order chi connectivity index (χ0) is 20.5. The van der Waals surface area contributed by atoms with Gasteiger partial charge in [0.15, 0.2) is 5.78 Å². The Balaban J connectivity index is 1.77. The molecule has 4 nitrogen and oxygen atoms in total. The number of nitriles is 1. The summed E-state index contributed by atoms with van der Waals surface area (Å²) < 4.78 is 5.23. The van der Waals surface area contributed by atoms with Crippen LogP contribution in [0.25, 0.3) is 0 Å². The molecule has 0 saturated heterocycles. The number of benzene rings is 2. The number of ketones is 1. The Bertz CT molecular complexity index is 1060. The number of aliphatic imine (C=N–C) groups is 1. The molecular weight excluding hydrogens is 384 g/mol. The van der Waals surface area contributed by atoms with Gasteiger partial charge in [-0.2, -0.15) is 5.26 Å². The number of methoxy groups -OCH3 is 1. The minimum absolute atomic E-state index is 0.0495. The van der Waals surface area contributed by atoms with Crippen molar-refractivity contribution in [3.05, 3.63) is 76.0 Å². The van der Waals surface area contributed by atoms with Gasteiger partial charge in [0.05, 0.1) is 19.1 Å². The lowest BCUT2D eigenvalue weighted by atomic mass is 9.69. The predicted octanol–water partition coefficient (Wildman–Crippen LogP) is 5.45. The summed E-state index contributed by atoms with van der Waals surface area (Å²) in [6.45, 7) is 1.86. The zero-order valence-corrected chi connectivity index (χ0v) is 17.1. The van der Waals surface area contributed by atoms with Crippen LogP contribution >= 0.6 is 11.6 Å². The highest BCUT2D eigenvalue weighted by molar-refractivity contribution is 6.31. The molecule has 29 heavy (non-hydrogen) atoms. The molecule has 0 spiro atoms. The molecule has 1 aliphatic carbocycles. The minimum atomic E-state index is -0.491. The molecule has 4 rings (SSSR count). The van der Waals surface area contributed by atoms with Crippen LogP contribution in [0.4, 0.5) is 0 Å². The first kappa shape index (κ1) is 19.4. The molecule has 1 heterocycles. The van der Waals surface area contributed by atoms with E-state index in [0.29, 0.717) is 23.4 Å². The molecule has 2 aromatic carbocycles. The van der Waals surface area contributed by atoms with E-state index in [2.05, 4.69) is 6.07 Å². The van der Waals surface area contributed by atoms with Gasteiger partial charge in [-0.3, -0.25) is 9.79 Å². The van der Waals surface area contributed by atoms with Gasteiger partial charge in [-0.25, -0.2) is 0 Å². The van der Waals surface area contributed by atoms with Crippen LogP contribution in [0, 0.1) is 17.2 Å². The van der Waals surface area contributed by atoms with E-state index in [1.807, 2.05) is 49.4 Å². The first-order valence-electron chi connectivity index (χ1n) is 9.63. The van der Waals surface area contributed by atoms with Crippen molar-refractivity contribution in [3.63, 3.8) is 0 Å². The summed E-state index contributed by atoms with van der Waals surface area (Å²) in [6.07, 6.45) is 1.07. The number of halogens is 1. The normalized spacial score (nSPS) is 23.9. The fourth-order valence-electron chi connectivity index (χ4n) is 4.40. The molecule has 0 amide bonds. The second-order valence-electron chi connectivity index (χ2n) is 7.52. The average molecular weight is 405 g/mol. The minimum Gasteiger partial charge on any atom is -0.497 e. The van der Waals surface area contributed by atoms with E-state index >= 15 is 0 Å². The molecule has 0 bridgehead atoms. The smallest absolute Gasteiger partial charge is 0.161 e. The summed E-state index contributed by atoms with van der Waals surface area (Å²) in [5.41, 5.74) is 4.09. The number of Topliss-reactive ketones (excluding diaryl/α,β-unsaturated/α-hetero) is 1. The lowest BCUT2D eigenvalue weighted by Gasteiger charge is -2.35. The second kappa shape index (κ2) is 7.85. The first-order valence-corrected chi connectivity index (χ1v) is 10.0. The number of ether oxygens (including phenoxy) is 1. The molecule has 2 aliphatic rings. The molecule has 0 N–H and O–H groups in total. The maximum Gasteiger partial charge on any atom is 0.161 e. The molecule has 2 aromatic rings. The van der Waals surface area contributed by atoms with Gasteiger partial charge in [0.2, 0.25) is 0 Å². The number of rotatable bonds is 3. The van der Waals surface area contributed by atoms with E-state index in [9.17, 15) is 10.1 Å². The number of hydrogen-bond donors (Lipinski definition) is 0. The van der Waals surface area contributed by atoms with Gasteiger partial charge in [0, 0.05) is 34.3 Å². The molecular formula is C24H21ClN2O2. The largest absolute Gasteiger partial charge is 0.497 e. The third kappa shape index (κ3) is 3.47. The van der Waals surface area contributed by atoms with Crippen molar-refractivity contribution in [1.29, 1.82) is 5.26 Å². The zero-order valence-electron chi connectivity index (χ0n) is 16.4. The number of allylic oxidation sites excluding steroid dienone is 2. The van der Waals surface area contributed by atoms with Crippen molar-refractivity contribution < 1.29 is 9.53 Å². The van der Waals surface area contributed by atoms with Gasteiger partial charge in [-0.1, -0.05) is 41.9 Å². The Morgan fingerprint density at radius 1 is 1.14 bits per heavy atom. The van der Waals surface area contributed by atoms with E-state index < -0.39 is 5.92 Å². The summed E-state index contributed by atoms with van der Waals surface area (Å²) >= 11 is 6.46. The average Bonchev–Trinajstić information content (AvgIpc) is 2.73. The van der Waals surface area contributed by atoms with Crippen LogP contribution in [0.15, 0.2) is 64.8 Å². The van der Waals surface area contributed by atoms with Crippen LogP contribution in [0.3, 0.4) is 0 Å².